The zero-order valence-corrected chi connectivity index (χ0v) is 6.60. The molecule has 0 aromatic heterocycles. The summed E-state index contributed by atoms with van der Waals surface area (Å²) in [6.45, 7) is 4.48. The van der Waals surface area contributed by atoms with E-state index in [1.807, 2.05) is 0 Å². The molecule has 0 spiro atoms. The average Bonchev–Trinajstić information content (AvgIpc) is 1.35. The fourth-order valence-corrected chi connectivity index (χ4v) is 0.117. The van der Waals surface area contributed by atoms with Crippen LogP contribution in [0, 0.1) is 0 Å². The van der Waals surface area contributed by atoms with Gasteiger partial charge in [-0.3, -0.25) is 4.79 Å². The number of ether oxygens (including phenoxy) is 1. The molecular weight excluding hydrogens is 103 g/mol. The Morgan fingerprint density at radius 3 is 2.29 bits per heavy atom. The smallest absolute Gasteiger partial charge is 0.307 e. The maximum absolute atomic E-state index is 9.75. The normalized spacial score (nSPS) is 5.86. The maximum atomic E-state index is 9.75. The number of esters is 1. The van der Waals surface area contributed by atoms with E-state index >= 15 is 0 Å². The number of carbonyl (C=O) groups is 1. The van der Waals surface area contributed by atoms with Gasteiger partial charge in [-0.05, 0) is 0 Å². The fraction of sp³-hybridized carbons (Fsp3) is 0.250. The van der Waals surface area contributed by atoms with Crippen molar-refractivity contribution in [2.45, 2.75) is 6.92 Å². The first-order valence-electron chi connectivity index (χ1n) is 1.55. The van der Waals surface area contributed by atoms with Crippen LogP contribution in [0.25, 0.3) is 0 Å². The Morgan fingerprint density at radius 2 is 2.29 bits per heavy atom. The van der Waals surface area contributed by atoms with Crippen LogP contribution in [-0.4, -0.2) is 35.5 Å². The minimum atomic E-state index is -0.329. The second-order valence-electron chi connectivity index (χ2n) is 0.776. The van der Waals surface area contributed by atoms with Crippen molar-refractivity contribution < 1.29 is 9.53 Å². The van der Waals surface area contributed by atoms with E-state index in [2.05, 4.69) is 11.3 Å². The second-order valence-corrected chi connectivity index (χ2v) is 0.776. The monoisotopic (exact) mass is 109 g/mol. The van der Waals surface area contributed by atoms with Gasteiger partial charge in [0.2, 0.25) is 0 Å². The molecule has 0 fully saturated rings. The minimum absolute atomic E-state index is 0. The van der Waals surface area contributed by atoms with Crippen molar-refractivity contribution in [3.8, 4) is 0 Å². The average molecular weight is 109 g/mol. The molecule has 0 aliphatic heterocycles. The zero-order chi connectivity index (χ0) is 4.99. The standard InChI is InChI=1S/C4H6O2.Na/c1-3-6-4(2)5;/h3H,1H2,2H3;. The molecule has 0 atom stereocenters. The maximum Gasteiger partial charge on any atom is 0.307 e. The molecule has 0 N–H and O–H groups in total. The van der Waals surface area contributed by atoms with Gasteiger partial charge in [-0.2, -0.15) is 0 Å². The van der Waals surface area contributed by atoms with Crippen LogP contribution in [0.4, 0.5) is 0 Å². The quantitative estimate of drug-likeness (QED) is 0.275. The van der Waals surface area contributed by atoms with Crippen molar-refractivity contribution in [3.63, 3.8) is 0 Å². The SMILES string of the molecule is C=COC(C)=O.[Na]. The molecule has 0 aliphatic carbocycles. The van der Waals surface area contributed by atoms with Crippen LogP contribution in [0.3, 0.4) is 0 Å². The Hall–Kier alpha value is 0.210. The van der Waals surface area contributed by atoms with Gasteiger partial charge in [0.1, 0.15) is 0 Å². The molecule has 2 nitrogen and oxygen atoms in total. The van der Waals surface area contributed by atoms with Gasteiger partial charge in [-0.1, -0.05) is 6.58 Å². The minimum Gasteiger partial charge on any atom is -0.435 e. The Bertz CT molecular complexity index is 70.1. The molecule has 1 radical (unpaired) electrons. The first-order valence-corrected chi connectivity index (χ1v) is 1.55. The van der Waals surface area contributed by atoms with E-state index in [0.29, 0.717) is 0 Å². The first-order chi connectivity index (χ1) is 2.77. The molecule has 0 bridgehead atoms. The molecule has 3 heteroatoms. The van der Waals surface area contributed by atoms with Gasteiger partial charge in [-0.25, -0.2) is 0 Å². The Kier molecular flexibility index (Phi) is 9.09. The number of hydrogen-bond acceptors (Lipinski definition) is 2. The topological polar surface area (TPSA) is 26.3 Å². The molecule has 0 heterocycles. The Balaban J connectivity index is 0. The van der Waals surface area contributed by atoms with Crippen molar-refractivity contribution in [1.82, 2.24) is 0 Å². The zero-order valence-electron chi connectivity index (χ0n) is 4.60. The molecule has 0 rings (SSSR count). The van der Waals surface area contributed by atoms with E-state index in [1.54, 1.807) is 0 Å². The van der Waals surface area contributed by atoms with Crippen LogP contribution in [0.2, 0.25) is 0 Å². The summed E-state index contributed by atoms with van der Waals surface area (Å²) in [7, 11) is 0. The molecule has 0 aliphatic rings. The van der Waals surface area contributed by atoms with Gasteiger partial charge in [0.15, 0.2) is 0 Å². The summed E-state index contributed by atoms with van der Waals surface area (Å²) >= 11 is 0. The summed E-state index contributed by atoms with van der Waals surface area (Å²) in [5.74, 6) is -0.329. The van der Waals surface area contributed by atoms with Crippen LogP contribution in [0.1, 0.15) is 6.92 Å². The van der Waals surface area contributed by atoms with Gasteiger partial charge >= 0.3 is 5.97 Å². The van der Waals surface area contributed by atoms with Gasteiger partial charge in [-0.15, -0.1) is 0 Å². The van der Waals surface area contributed by atoms with Crippen molar-refractivity contribution in [3.05, 3.63) is 12.8 Å². The van der Waals surface area contributed by atoms with Crippen molar-refractivity contribution in [2.75, 3.05) is 0 Å². The van der Waals surface area contributed by atoms with Gasteiger partial charge in [0.05, 0.1) is 6.26 Å². The Morgan fingerprint density at radius 1 is 1.86 bits per heavy atom. The van der Waals surface area contributed by atoms with Crippen molar-refractivity contribution >= 4 is 35.5 Å². The molecule has 0 saturated carbocycles. The third-order valence-electron chi connectivity index (χ3n) is 0.249. The van der Waals surface area contributed by atoms with Crippen molar-refractivity contribution in [2.24, 2.45) is 0 Å². The molecule has 0 amide bonds. The van der Waals surface area contributed by atoms with Crippen LogP contribution in [0.5, 0.6) is 0 Å². The predicted molar refractivity (Wildman–Crippen MR) is 27.7 cm³/mol. The molecule has 35 valence electrons. The van der Waals surface area contributed by atoms with Crippen LogP contribution < -0.4 is 0 Å². The molecule has 0 saturated heterocycles. The van der Waals surface area contributed by atoms with Gasteiger partial charge in [0.25, 0.3) is 0 Å². The van der Waals surface area contributed by atoms with Crippen LogP contribution in [0.15, 0.2) is 12.8 Å². The number of hydrogen-bond donors (Lipinski definition) is 0. The summed E-state index contributed by atoms with van der Waals surface area (Å²) in [6.07, 6.45) is 1.10. The van der Waals surface area contributed by atoms with E-state index in [-0.39, 0.29) is 35.5 Å². The summed E-state index contributed by atoms with van der Waals surface area (Å²) in [6, 6.07) is 0. The Labute approximate surface area is 64.8 Å². The van der Waals surface area contributed by atoms with E-state index in [0.717, 1.165) is 6.26 Å². The molecule has 0 aromatic carbocycles. The summed E-state index contributed by atoms with van der Waals surface area (Å²) < 4.78 is 4.17. The van der Waals surface area contributed by atoms with E-state index < -0.39 is 0 Å². The number of carbonyl (C=O) groups excluding carboxylic acids is 1. The van der Waals surface area contributed by atoms with E-state index in [1.165, 1.54) is 6.92 Å². The molecule has 7 heavy (non-hydrogen) atoms. The van der Waals surface area contributed by atoms with Gasteiger partial charge < -0.3 is 4.74 Å². The largest absolute Gasteiger partial charge is 0.435 e. The summed E-state index contributed by atoms with van der Waals surface area (Å²) in [5, 5.41) is 0. The third kappa shape index (κ3) is 10.7. The first kappa shape index (κ1) is 10.2. The van der Waals surface area contributed by atoms with Crippen LogP contribution >= 0.6 is 0 Å². The summed E-state index contributed by atoms with van der Waals surface area (Å²) in [5.41, 5.74) is 0. The fourth-order valence-electron chi connectivity index (χ4n) is 0.117. The molecule has 0 unspecified atom stereocenters. The molecule has 0 aromatic rings. The predicted octanol–water partition coefficient (Wildman–Crippen LogP) is 0.312. The third-order valence-corrected chi connectivity index (χ3v) is 0.249. The van der Waals surface area contributed by atoms with Crippen LogP contribution in [-0.2, 0) is 9.53 Å². The van der Waals surface area contributed by atoms with Crippen molar-refractivity contribution in [1.29, 1.82) is 0 Å². The van der Waals surface area contributed by atoms with E-state index in [4.69, 9.17) is 0 Å². The number of rotatable bonds is 1. The molecular formula is C4H6NaO2. The van der Waals surface area contributed by atoms with Gasteiger partial charge in [0, 0.05) is 36.5 Å². The van der Waals surface area contributed by atoms with E-state index in [9.17, 15) is 4.79 Å². The second kappa shape index (κ2) is 6.21. The summed E-state index contributed by atoms with van der Waals surface area (Å²) in [4.78, 5) is 9.75.